The molecule has 1 amide bonds. The van der Waals surface area contributed by atoms with Crippen molar-refractivity contribution in [2.45, 2.75) is 56.9 Å². The van der Waals surface area contributed by atoms with Crippen LogP contribution >= 0.6 is 0 Å². The molecule has 8 nitrogen and oxygen atoms in total. The van der Waals surface area contributed by atoms with Gasteiger partial charge in [0.05, 0.1) is 18.6 Å². The lowest BCUT2D eigenvalue weighted by Crippen LogP contribution is -2.50. The molecule has 128 valence electrons. The third kappa shape index (κ3) is 5.63. The summed E-state index contributed by atoms with van der Waals surface area (Å²) in [6, 6.07) is 0. The van der Waals surface area contributed by atoms with Gasteiger partial charge in [0.1, 0.15) is 0 Å². The third-order valence-corrected chi connectivity index (χ3v) is 3.67. The van der Waals surface area contributed by atoms with Crippen LogP contribution < -0.4 is 5.32 Å². The Bertz CT molecular complexity index is 555. The average molecular weight is 325 g/mol. The smallest absolute Gasteiger partial charge is 0.305 e. The number of nitrogens with zero attached hydrogens (tertiary/aromatic N) is 2. The maximum absolute atomic E-state index is 12.0. The SMILES string of the molecule is COCC(C)(CC(=O)O)NC(=O)CCCc1nc(C2CC2)no1. The van der Waals surface area contributed by atoms with E-state index in [1.165, 1.54) is 7.11 Å². The number of aryl methyl sites for hydroxylation is 1. The van der Waals surface area contributed by atoms with E-state index >= 15 is 0 Å². The molecule has 1 aromatic rings. The number of hydrogen-bond donors (Lipinski definition) is 2. The fourth-order valence-electron chi connectivity index (χ4n) is 2.46. The molecule has 23 heavy (non-hydrogen) atoms. The quantitative estimate of drug-likeness (QED) is 0.665. The Hall–Kier alpha value is -1.96. The molecule has 8 heteroatoms. The summed E-state index contributed by atoms with van der Waals surface area (Å²) in [5.41, 5.74) is -0.915. The molecule has 1 unspecified atom stereocenters. The zero-order chi connectivity index (χ0) is 16.9. The Morgan fingerprint density at radius 3 is 2.83 bits per heavy atom. The number of aromatic nitrogens is 2. The van der Waals surface area contributed by atoms with Crippen LogP contribution in [0.2, 0.25) is 0 Å². The maximum atomic E-state index is 12.0. The van der Waals surface area contributed by atoms with E-state index in [9.17, 15) is 9.59 Å². The Morgan fingerprint density at radius 2 is 2.22 bits per heavy atom. The van der Waals surface area contributed by atoms with Crippen molar-refractivity contribution >= 4 is 11.9 Å². The molecule has 1 aliphatic carbocycles. The van der Waals surface area contributed by atoms with Crippen LogP contribution in [0.4, 0.5) is 0 Å². The minimum atomic E-state index is -0.983. The van der Waals surface area contributed by atoms with E-state index in [1.54, 1.807) is 6.92 Å². The summed E-state index contributed by atoms with van der Waals surface area (Å²) in [6.07, 6.45) is 3.40. The minimum Gasteiger partial charge on any atom is -0.481 e. The molecule has 1 atom stereocenters. The number of amides is 1. The van der Waals surface area contributed by atoms with Gasteiger partial charge < -0.3 is 19.7 Å². The van der Waals surface area contributed by atoms with Crippen molar-refractivity contribution < 1.29 is 24.0 Å². The maximum Gasteiger partial charge on any atom is 0.305 e. The van der Waals surface area contributed by atoms with Crippen molar-refractivity contribution in [3.8, 4) is 0 Å². The van der Waals surface area contributed by atoms with E-state index in [0.29, 0.717) is 24.7 Å². The highest BCUT2D eigenvalue weighted by Crippen LogP contribution is 2.38. The standard InChI is InChI=1S/C15H23N3O5/c1-15(9-22-2,8-13(20)21)17-11(19)4-3-5-12-16-14(18-23-12)10-6-7-10/h10H,3-9H2,1-2H3,(H,17,19)(H,20,21). The molecule has 0 spiro atoms. The van der Waals surface area contributed by atoms with Gasteiger partial charge in [-0.05, 0) is 26.2 Å². The molecule has 1 heterocycles. The summed E-state index contributed by atoms with van der Waals surface area (Å²) in [7, 11) is 1.47. The summed E-state index contributed by atoms with van der Waals surface area (Å²) in [6.45, 7) is 1.79. The van der Waals surface area contributed by atoms with Crippen molar-refractivity contribution in [1.29, 1.82) is 0 Å². The molecule has 2 rings (SSSR count). The summed E-state index contributed by atoms with van der Waals surface area (Å²) >= 11 is 0. The Morgan fingerprint density at radius 1 is 1.48 bits per heavy atom. The molecule has 1 aliphatic rings. The largest absolute Gasteiger partial charge is 0.481 e. The molecular formula is C15H23N3O5. The van der Waals surface area contributed by atoms with Gasteiger partial charge in [-0.3, -0.25) is 9.59 Å². The number of carboxylic acid groups (broad SMARTS) is 1. The fourth-order valence-corrected chi connectivity index (χ4v) is 2.46. The highest BCUT2D eigenvalue weighted by atomic mass is 16.5. The van der Waals surface area contributed by atoms with Crippen molar-refractivity contribution in [2.24, 2.45) is 0 Å². The lowest BCUT2D eigenvalue weighted by molar-refractivity contribution is -0.139. The second-order valence-electron chi connectivity index (χ2n) is 6.29. The number of ether oxygens (including phenoxy) is 1. The number of aliphatic carboxylic acids is 1. The molecule has 1 aromatic heterocycles. The van der Waals surface area contributed by atoms with Crippen LogP contribution in [0.1, 0.15) is 56.7 Å². The zero-order valence-corrected chi connectivity index (χ0v) is 13.5. The van der Waals surface area contributed by atoms with E-state index in [2.05, 4.69) is 15.5 Å². The minimum absolute atomic E-state index is 0.138. The molecule has 0 aliphatic heterocycles. The first-order chi connectivity index (χ1) is 10.9. The first-order valence-corrected chi connectivity index (χ1v) is 7.76. The van der Waals surface area contributed by atoms with Crippen LogP contribution in [-0.4, -0.2) is 46.4 Å². The molecule has 2 N–H and O–H groups in total. The normalized spacial score (nSPS) is 16.8. The van der Waals surface area contributed by atoms with Crippen LogP contribution in [0.3, 0.4) is 0 Å². The van der Waals surface area contributed by atoms with Gasteiger partial charge in [-0.2, -0.15) is 4.98 Å². The Balaban J connectivity index is 1.75. The molecular weight excluding hydrogens is 302 g/mol. The zero-order valence-electron chi connectivity index (χ0n) is 13.5. The second-order valence-corrected chi connectivity index (χ2v) is 6.29. The van der Waals surface area contributed by atoms with Gasteiger partial charge in [0.25, 0.3) is 0 Å². The van der Waals surface area contributed by atoms with E-state index in [0.717, 1.165) is 18.7 Å². The monoisotopic (exact) mass is 325 g/mol. The Kier molecular flexibility index (Phi) is 5.70. The van der Waals surface area contributed by atoms with E-state index in [1.807, 2.05) is 0 Å². The van der Waals surface area contributed by atoms with E-state index in [-0.39, 0.29) is 25.4 Å². The van der Waals surface area contributed by atoms with Gasteiger partial charge in [-0.25, -0.2) is 0 Å². The van der Waals surface area contributed by atoms with Crippen molar-refractivity contribution in [3.05, 3.63) is 11.7 Å². The number of carboxylic acids is 1. The van der Waals surface area contributed by atoms with Crippen LogP contribution in [-0.2, 0) is 20.7 Å². The van der Waals surface area contributed by atoms with Gasteiger partial charge in [0, 0.05) is 25.9 Å². The van der Waals surface area contributed by atoms with Crippen LogP contribution in [0, 0.1) is 0 Å². The van der Waals surface area contributed by atoms with Crippen molar-refractivity contribution in [1.82, 2.24) is 15.5 Å². The Labute approximate surface area is 134 Å². The van der Waals surface area contributed by atoms with Crippen LogP contribution in [0.25, 0.3) is 0 Å². The number of carbonyl (C=O) groups is 2. The predicted molar refractivity (Wildman–Crippen MR) is 79.9 cm³/mol. The summed E-state index contributed by atoms with van der Waals surface area (Å²) in [5.74, 6) is 0.557. The van der Waals surface area contributed by atoms with Crippen molar-refractivity contribution in [2.75, 3.05) is 13.7 Å². The molecule has 1 fully saturated rings. The predicted octanol–water partition coefficient (Wildman–Crippen LogP) is 1.27. The fraction of sp³-hybridized carbons (Fsp3) is 0.733. The van der Waals surface area contributed by atoms with Gasteiger partial charge in [-0.1, -0.05) is 5.16 Å². The van der Waals surface area contributed by atoms with E-state index < -0.39 is 11.5 Å². The molecule has 1 saturated carbocycles. The topological polar surface area (TPSA) is 115 Å². The van der Waals surface area contributed by atoms with Gasteiger partial charge in [-0.15, -0.1) is 0 Å². The molecule has 0 radical (unpaired) electrons. The summed E-state index contributed by atoms with van der Waals surface area (Å²) in [4.78, 5) is 27.2. The summed E-state index contributed by atoms with van der Waals surface area (Å²) in [5, 5.41) is 15.6. The lowest BCUT2D eigenvalue weighted by atomic mass is 9.98. The molecule has 0 bridgehead atoms. The summed E-state index contributed by atoms with van der Waals surface area (Å²) < 4.78 is 10.2. The first kappa shape index (κ1) is 17.4. The molecule has 0 aromatic carbocycles. The van der Waals surface area contributed by atoms with Gasteiger partial charge >= 0.3 is 5.97 Å². The lowest BCUT2D eigenvalue weighted by Gasteiger charge is -2.28. The second kappa shape index (κ2) is 7.54. The average Bonchev–Trinajstić information content (AvgIpc) is 3.18. The van der Waals surface area contributed by atoms with Gasteiger partial charge in [0.2, 0.25) is 11.8 Å². The highest BCUT2D eigenvalue weighted by molar-refractivity contribution is 5.78. The number of nitrogens with one attached hydrogen (secondary N) is 1. The van der Waals surface area contributed by atoms with Gasteiger partial charge in [0.15, 0.2) is 5.82 Å². The number of hydrogen-bond acceptors (Lipinski definition) is 6. The highest BCUT2D eigenvalue weighted by Gasteiger charge is 2.30. The van der Waals surface area contributed by atoms with Crippen LogP contribution in [0.5, 0.6) is 0 Å². The molecule has 0 saturated heterocycles. The van der Waals surface area contributed by atoms with Crippen LogP contribution in [0.15, 0.2) is 4.52 Å². The first-order valence-electron chi connectivity index (χ1n) is 7.76. The number of rotatable bonds is 10. The van der Waals surface area contributed by atoms with Crippen molar-refractivity contribution in [3.63, 3.8) is 0 Å². The number of carbonyl (C=O) groups excluding carboxylic acids is 1. The number of methoxy groups -OCH3 is 1. The third-order valence-electron chi connectivity index (χ3n) is 3.67. The van der Waals surface area contributed by atoms with E-state index in [4.69, 9.17) is 14.4 Å².